The number of nitrogens with two attached hydrogens (primary N) is 1. The Bertz CT molecular complexity index is 1470. The molecule has 37 heavy (non-hydrogen) atoms. The largest absolute Gasteiger partial charge is 0.508 e. The number of phenols is 1. The molecule has 0 spiro atoms. The van der Waals surface area contributed by atoms with Gasteiger partial charge in [-0.15, -0.1) is 11.8 Å². The van der Waals surface area contributed by atoms with E-state index in [4.69, 9.17) is 29.6 Å². The minimum Gasteiger partial charge on any atom is -0.508 e. The monoisotopic (exact) mass is 558 g/mol. The van der Waals surface area contributed by atoms with Crippen LogP contribution in [0.2, 0.25) is 5.02 Å². The van der Waals surface area contributed by atoms with Crippen molar-refractivity contribution in [3.05, 3.63) is 75.5 Å². The highest BCUT2D eigenvalue weighted by molar-refractivity contribution is 8.00. The number of hydrogen-bond acceptors (Lipinski definition) is 9. The Labute approximate surface area is 224 Å². The summed E-state index contributed by atoms with van der Waals surface area (Å²) in [5.41, 5.74) is 1.80. The Morgan fingerprint density at radius 2 is 1.81 bits per heavy atom. The maximum absolute atomic E-state index is 13.8. The van der Waals surface area contributed by atoms with Crippen molar-refractivity contribution in [2.45, 2.75) is 28.2 Å². The Morgan fingerprint density at radius 1 is 1.14 bits per heavy atom. The molecular formula is C25H19ClN2O7S2. The smallest absolute Gasteiger partial charge is 0.255 e. The molecule has 7 N–H and O–H groups in total. The second-order valence-corrected chi connectivity index (χ2v) is 10.9. The summed E-state index contributed by atoms with van der Waals surface area (Å²) >= 11 is 12.8. The fraction of sp³-hybridized carbons (Fsp3) is 0.200. The van der Waals surface area contributed by atoms with Crippen molar-refractivity contribution in [1.82, 2.24) is 5.32 Å². The molecule has 1 aliphatic heterocycles. The van der Waals surface area contributed by atoms with Gasteiger partial charge in [0, 0.05) is 21.6 Å². The molecule has 1 heterocycles. The lowest BCUT2D eigenvalue weighted by atomic mass is 9.62. The van der Waals surface area contributed by atoms with Gasteiger partial charge in [-0.25, -0.2) is 0 Å². The van der Waals surface area contributed by atoms with Crippen molar-refractivity contribution >= 4 is 63.8 Å². The lowest BCUT2D eigenvalue weighted by Gasteiger charge is -2.48. The number of Topliss-reactive ketones (excluding diaryl/α,β-unsaturated/α-hetero) is 2. The van der Waals surface area contributed by atoms with Gasteiger partial charge < -0.3 is 31.5 Å². The molecule has 5 rings (SSSR count). The number of thiocarbonyl (C=S) groups is 1. The highest BCUT2D eigenvalue weighted by Crippen LogP contribution is 2.55. The van der Waals surface area contributed by atoms with Gasteiger partial charge in [0.1, 0.15) is 27.8 Å². The lowest BCUT2D eigenvalue weighted by Crippen LogP contribution is -2.66. The number of aliphatic hydroxyl groups is 3. The van der Waals surface area contributed by atoms with Crippen LogP contribution in [0.3, 0.4) is 0 Å². The first-order valence-electron chi connectivity index (χ1n) is 11.0. The molecule has 0 aromatic heterocycles. The highest BCUT2D eigenvalue weighted by Gasteiger charge is 2.64. The number of halogens is 1. The quantitative estimate of drug-likeness (QED) is 0.243. The Morgan fingerprint density at radius 3 is 2.46 bits per heavy atom. The number of fused-ring (bicyclic) bond motifs is 3. The topological polar surface area (TPSA) is 170 Å². The summed E-state index contributed by atoms with van der Waals surface area (Å²) in [6.45, 7) is 0. The summed E-state index contributed by atoms with van der Waals surface area (Å²) < 4.78 is 0. The summed E-state index contributed by atoms with van der Waals surface area (Å²) in [4.78, 5) is 39.8. The average molecular weight is 559 g/mol. The van der Waals surface area contributed by atoms with E-state index in [9.17, 15) is 34.8 Å². The number of hydrogen-bond donors (Lipinski definition) is 6. The van der Waals surface area contributed by atoms with Crippen LogP contribution in [0.1, 0.15) is 17.5 Å². The number of aromatic hydroxyl groups is 1. The molecule has 12 heteroatoms. The number of aliphatic hydroxyl groups excluding tert-OH is 2. The third kappa shape index (κ3) is 3.64. The van der Waals surface area contributed by atoms with Crippen LogP contribution in [0.5, 0.6) is 5.75 Å². The van der Waals surface area contributed by atoms with E-state index < -0.39 is 57.4 Å². The minimum atomic E-state index is -2.78. The molecule has 9 nitrogen and oxygen atoms in total. The second-order valence-electron chi connectivity index (χ2n) is 8.85. The molecule has 3 aliphatic rings. The predicted octanol–water partition coefficient (Wildman–Crippen LogP) is 2.32. The van der Waals surface area contributed by atoms with Crippen LogP contribution >= 0.6 is 35.6 Å². The summed E-state index contributed by atoms with van der Waals surface area (Å²) in [5, 5.41) is 46.3. The SMILES string of the molecule is NC(=O)C1=C(O)C2(O)C(=O)C3=C(O)c4c(O)ccc(Cl)c4SC3CC2C(NC(=S)c2ccccc2)C1=O. The number of carbonyl (C=O) groups is 3. The first-order chi connectivity index (χ1) is 17.5. The van der Waals surface area contributed by atoms with E-state index in [2.05, 4.69) is 5.32 Å². The average Bonchev–Trinajstić information content (AvgIpc) is 2.86. The van der Waals surface area contributed by atoms with Crippen LogP contribution < -0.4 is 11.1 Å². The normalized spacial score (nSPS) is 26.8. The molecule has 2 aromatic rings. The number of rotatable bonds is 3. The molecule has 1 amide bonds. The maximum atomic E-state index is 13.8. The van der Waals surface area contributed by atoms with Gasteiger partial charge in [-0.2, -0.15) is 0 Å². The van der Waals surface area contributed by atoms with Gasteiger partial charge in [0.2, 0.25) is 5.78 Å². The van der Waals surface area contributed by atoms with Gasteiger partial charge in [0.05, 0.1) is 22.2 Å². The van der Waals surface area contributed by atoms with Crippen molar-refractivity contribution in [1.29, 1.82) is 0 Å². The number of nitrogens with one attached hydrogen (secondary N) is 1. The first kappa shape index (κ1) is 25.3. The molecule has 4 unspecified atom stereocenters. The third-order valence-corrected chi connectivity index (χ3v) is 9.01. The molecule has 4 atom stereocenters. The van der Waals surface area contributed by atoms with Gasteiger partial charge in [0.15, 0.2) is 11.4 Å². The predicted molar refractivity (Wildman–Crippen MR) is 139 cm³/mol. The molecule has 0 saturated heterocycles. The van der Waals surface area contributed by atoms with Crippen molar-refractivity contribution in [2.75, 3.05) is 0 Å². The van der Waals surface area contributed by atoms with Crippen LogP contribution in [0.25, 0.3) is 5.76 Å². The molecule has 0 radical (unpaired) electrons. The van der Waals surface area contributed by atoms with Crippen LogP contribution in [0.15, 0.2) is 64.3 Å². The van der Waals surface area contributed by atoms with Crippen molar-refractivity contribution in [3.8, 4) is 5.75 Å². The highest BCUT2D eigenvalue weighted by atomic mass is 35.5. The number of primary amides is 1. The second kappa shape index (κ2) is 8.88. The van der Waals surface area contributed by atoms with Gasteiger partial charge in [-0.1, -0.05) is 54.2 Å². The zero-order valence-corrected chi connectivity index (χ0v) is 21.2. The van der Waals surface area contributed by atoms with Crippen LogP contribution in [0.4, 0.5) is 0 Å². The molecule has 2 aromatic carbocycles. The molecule has 190 valence electrons. The van der Waals surface area contributed by atoms with Crippen molar-refractivity contribution < 1.29 is 34.8 Å². The summed E-state index contributed by atoms with van der Waals surface area (Å²) in [5.74, 6) is -6.86. The zero-order valence-electron chi connectivity index (χ0n) is 18.8. The summed E-state index contributed by atoms with van der Waals surface area (Å²) in [6.07, 6.45) is -0.116. The Hall–Kier alpha value is -3.38. The van der Waals surface area contributed by atoms with Crippen LogP contribution in [-0.4, -0.2) is 59.8 Å². The standard InChI is InChI=1S/C25H19ClN2O7S2/c26-11-6-7-12(29)14-18(30)15-13(37-20(11)14)8-10-17(28-24(36)9-4-2-1-3-5-9)19(31)16(23(27)34)22(33)25(10,35)21(15)32/h1-7,10,13,17,29-30,33,35H,8H2,(H2,27,34)(H,28,36). The first-order valence-corrected chi connectivity index (χ1v) is 12.7. The Balaban J connectivity index is 1.67. The molecule has 2 aliphatic carbocycles. The fourth-order valence-electron chi connectivity index (χ4n) is 5.10. The van der Waals surface area contributed by atoms with E-state index in [1.54, 1.807) is 30.3 Å². The fourth-order valence-corrected chi connectivity index (χ4v) is 7.08. The van der Waals surface area contributed by atoms with Crippen LogP contribution in [0, 0.1) is 5.92 Å². The van der Waals surface area contributed by atoms with Crippen molar-refractivity contribution in [3.63, 3.8) is 0 Å². The number of phenolic OH excluding ortho intramolecular Hbond substituents is 1. The van der Waals surface area contributed by atoms with Crippen molar-refractivity contribution in [2.24, 2.45) is 11.7 Å². The van der Waals surface area contributed by atoms with Gasteiger partial charge >= 0.3 is 0 Å². The number of amides is 1. The van der Waals surface area contributed by atoms with E-state index in [0.717, 1.165) is 11.8 Å². The summed E-state index contributed by atoms with van der Waals surface area (Å²) in [7, 11) is 0. The molecular weight excluding hydrogens is 540 g/mol. The maximum Gasteiger partial charge on any atom is 0.255 e. The van der Waals surface area contributed by atoms with E-state index in [0.29, 0.717) is 10.5 Å². The number of carbonyl (C=O) groups excluding carboxylic acids is 3. The molecule has 1 saturated carbocycles. The van der Waals surface area contributed by atoms with E-state index >= 15 is 0 Å². The lowest BCUT2D eigenvalue weighted by molar-refractivity contribution is -0.147. The van der Waals surface area contributed by atoms with E-state index in [1.807, 2.05) is 0 Å². The summed E-state index contributed by atoms with van der Waals surface area (Å²) in [6, 6.07) is 9.85. The van der Waals surface area contributed by atoms with Gasteiger partial charge in [0.25, 0.3) is 5.91 Å². The number of ketones is 2. The van der Waals surface area contributed by atoms with E-state index in [-0.39, 0.29) is 33.3 Å². The van der Waals surface area contributed by atoms with E-state index in [1.165, 1.54) is 12.1 Å². The zero-order chi connectivity index (χ0) is 26.8. The minimum absolute atomic E-state index is 0.0930. The number of thioether (sulfide) groups is 1. The Kier molecular flexibility index (Phi) is 6.06. The van der Waals surface area contributed by atoms with Gasteiger partial charge in [-0.3, -0.25) is 14.4 Å². The van der Waals surface area contributed by atoms with Gasteiger partial charge in [-0.05, 0) is 18.6 Å². The van der Waals surface area contributed by atoms with Crippen LogP contribution in [-0.2, 0) is 14.4 Å². The molecule has 1 fully saturated rings. The third-order valence-electron chi connectivity index (χ3n) is 6.86. The molecule has 0 bridgehead atoms. The number of benzene rings is 2.